The molecule has 37 heavy (non-hydrogen) atoms. The predicted octanol–water partition coefficient (Wildman–Crippen LogP) is 8.08. The highest BCUT2D eigenvalue weighted by Gasteiger charge is 2.32. The molecule has 0 fully saturated rings. The van der Waals surface area contributed by atoms with Crippen LogP contribution in [0.2, 0.25) is 5.02 Å². The van der Waals surface area contributed by atoms with Crippen molar-refractivity contribution in [2.24, 2.45) is 5.10 Å². The molecule has 0 spiro atoms. The van der Waals surface area contributed by atoms with E-state index >= 15 is 0 Å². The maximum Gasteiger partial charge on any atom is 0.247 e. The van der Waals surface area contributed by atoms with Gasteiger partial charge < -0.3 is 4.74 Å². The number of benzene rings is 4. The lowest BCUT2D eigenvalue weighted by Crippen LogP contribution is -2.21. The van der Waals surface area contributed by atoms with Crippen LogP contribution in [-0.2, 0) is 0 Å². The summed E-state index contributed by atoms with van der Waals surface area (Å²) in [4.78, 5) is 10.0. The second kappa shape index (κ2) is 9.96. The minimum absolute atomic E-state index is 0.0569. The smallest absolute Gasteiger partial charge is 0.247 e. The first-order valence-electron chi connectivity index (χ1n) is 11.9. The molecule has 1 atom stereocenters. The minimum Gasteiger partial charge on any atom is -0.497 e. The van der Waals surface area contributed by atoms with Gasteiger partial charge in [0, 0.05) is 26.9 Å². The average Bonchev–Trinajstić information content (AvgIpc) is 3.39. The van der Waals surface area contributed by atoms with Crippen LogP contribution in [-0.4, -0.2) is 22.8 Å². The van der Waals surface area contributed by atoms with Crippen LogP contribution in [0.15, 0.2) is 107 Å². The normalized spacial score (nSPS) is 15.2. The molecule has 0 aliphatic carbocycles. The zero-order valence-corrected chi connectivity index (χ0v) is 22.3. The van der Waals surface area contributed by atoms with Crippen LogP contribution >= 0.6 is 27.5 Å². The third-order valence-corrected chi connectivity index (χ3v) is 7.25. The first kappa shape index (κ1) is 23.6. The molecule has 2 heterocycles. The van der Waals surface area contributed by atoms with Crippen molar-refractivity contribution in [3.63, 3.8) is 0 Å². The summed E-state index contributed by atoms with van der Waals surface area (Å²) in [6.07, 6.45) is 0.719. The second-order valence-corrected chi connectivity index (χ2v) is 10.1. The fraction of sp³-hybridized carbons (Fsp3) is 0.100. The number of methoxy groups -OCH3 is 1. The van der Waals surface area contributed by atoms with Crippen molar-refractivity contribution in [2.75, 3.05) is 12.1 Å². The lowest BCUT2D eigenvalue weighted by Gasteiger charge is -2.23. The van der Waals surface area contributed by atoms with Gasteiger partial charge in [0.25, 0.3) is 0 Å². The van der Waals surface area contributed by atoms with E-state index in [2.05, 4.69) is 52.3 Å². The Morgan fingerprint density at radius 3 is 2.35 bits per heavy atom. The first-order valence-corrected chi connectivity index (χ1v) is 13.1. The van der Waals surface area contributed by atoms with Crippen LogP contribution in [0.4, 0.5) is 5.95 Å². The molecule has 0 unspecified atom stereocenters. The quantitative estimate of drug-likeness (QED) is 0.215. The molecule has 0 saturated carbocycles. The van der Waals surface area contributed by atoms with E-state index in [0.29, 0.717) is 11.0 Å². The van der Waals surface area contributed by atoms with Crippen LogP contribution in [0.5, 0.6) is 5.75 Å². The molecule has 0 radical (unpaired) electrons. The summed E-state index contributed by atoms with van der Waals surface area (Å²) in [5.41, 5.74) is 5.79. The molecule has 1 aliphatic heterocycles. The van der Waals surface area contributed by atoms with Crippen LogP contribution in [0.3, 0.4) is 0 Å². The highest BCUT2D eigenvalue weighted by Crippen LogP contribution is 2.38. The van der Waals surface area contributed by atoms with Gasteiger partial charge in [-0.2, -0.15) is 5.10 Å². The number of fused-ring (bicyclic) bond motifs is 1. The summed E-state index contributed by atoms with van der Waals surface area (Å²) in [5.74, 6) is 1.36. The molecule has 1 aromatic heterocycles. The number of ether oxygens (including phenoxy) is 1. The number of anilines is 1. The number of hydrogen-bond donors (Lipinski definition) is 0. The summed E-state index contributed by atoms with van der Waals surface area (Å²) in [5, 5.41) is 8.57. The van der Waals surface area contributed by atoms with Crippen LogP contribution < -0.4 is 9.75 Å². The van der Waals surface area contributed by atoms with E-state index in [4.69, 9.17) is 31.4 Å². The van der Waals surface area contributed by atoms with Gasteiger partial charge in [0.05, 0.1) is 30.1 Å². The maximum atomic E-state index is 6.37. The molecule has 182 valence electrons. The number of halogens is 2. The zero-order valence-electron chi connectivity index (χ0n) is 20.0. The van der Waals surface area contributed by atoms with Gasteiger partial charge in [-0.25, -0.2) is 15.0 Å². The number of rotatable bonds is 5. The van der Waals surface area contributed by atoms with Crippen molar-refractivity contribution in [3.8, 4) is 17.0 Å². The maximum absolute atomic E-state index is 6.37. The summed E-state index contributed by atoms with van der Waals surface area (Å²) >= 11 is 9.92. The highest BCUT2D eigenvalue weighted by molar-refractivity contribution is 9.10. The van der Waals surface area contributed by atoms with Gasteiger partial charge in [0.2, 0.25) is 5.95 Å². The van der Waals surface area contributed by atoms with Gasteiger partial charge in [-0.1, -0.05) is 70.0 Å². The van der Waals surface area contributed by atoms with E-state index in [1.165, 1.54) is 0 Å². The summed E-state index contributed by atoms with van der Waals surface area (Å²) in [7, 11) is 1.67. The molecule has 7 heteroatoms. The summed E-state index contributed by atoms with van der Waals surface area (Å²) in [6, 6.07) is 32.1. The Hall–Kier alpha value is -3.74. The van der Waals surface area contributed by atoms with E-state index in [1.807, 2.05) is 65.7 Å². The van der Waals surface area contributed by atoms with Crippen molar-refractivity contribution in [1.29, 1.82) is 0 Å². The van der Waals surface area contributed by atoms with Crippen LogP contribution in [0.1, 0.15) is 23.6 Å². The van der Waals surface area contributed by atoms with Gasteiger partial charge in [-0.3, -0.25) is 0 Å². The zero-order chi connectivity index (χ0) is 25.4. The van der Waals surface area contributed by atoms with E-state index in [9.17, 15) is 0 Å². The topological polar surface area (TPSA) is 50.6 Å². The Bertz CT molecular complexity index is 1610. The Morgan fingerprint density at radius 2 is 1.62 bits per heavy atom. The molecular weight excluding hydrogens is 548 g/mol. The standard InChI is InChI=1S/C30H22BrClN4O/c1-37-24-14-9-19(10-15-24)27-18-28(20-7-11-22(31)12-8-20)36(35-27)30-33-26-16-13-23(32)17-25(26)29(34-30)21-5-3-2-4-6-21/h2-17,28H,18H2,1H3/t28-/m0/s1. The van der Waals surface area contributed by atoms with Crippen molar-refractivity contribution >= 4 is 50.1 Å². The molecule has 6 rings (SSSR count). The SMILES string of the molecule is COc1ccc(C2=NN(c3nc(-c4ccccc4)c4cc(Cl)ccc4n3)[C@H](c3ccc(Br)cc3)C2)cc1. The molecule has 4 aromatic carbocycles. The van der Waals surface area contributed by atoms with Gasteiger partial charge in [0.15, 0.2) is 0 Å². The molecule has 0 bridgehead atoms. The lowest BCUT2D eigenvalue weighted by atomic mass is 9.98. The first-order chi connectivity index (χ1) is 18.1. The third-order valence-electron chi connectivity index (χ3n) is 6.49. The van der Waals surface area contributed by atoms with Crippen LogP contribution in [0, 0.1) is 0 Å². The predicted molar refractivity (Wildman–Crippen MR) is 153 cm³/mol. The van der Waals surface area contributed by atoms with Crippen molar-refractivity contribution < 1.29 is 4.74 Å². The number of hydrogen-bond acceptors (Lipinski definition) is 5. The molecule has 5 nitrogen and oxygen atoms in total. The van der Waals surface area contributed by atoms with Gasteiger partial charge >= 0.3 is 0 Å². The average molecular weight is 570 g/mol. The third kappa shape index (κ3) is 4.70. The van der Waals surface area contributed by atoms with E-state index < -0.39 is 0 Å². The Balaban J connectivity index is 1.52. The second-order valence-electron chi connectivity index (χ2n) is 8.79. The minimum atomic E-state index is -0.0569. The van der Waals surface area contributed by atoms with Gasteiger partial charge in [-0.15, -0.1) is 0 Å². The fourth-order valence-electron chi connectivity index (χ4n) is 4.60. The summed E-state index contributed by atoms with van der Waals surface area (Å²) in [6.45, 7) is 0. The Morgan fingerprint density at radius 1 is 0.865 bits per heavy atom. The molecule has 0 amide bonds. The molecule has 0 N–H and O–H groups in total. The van der Waals surface area contributed by atoms with E-state index in [-0.39, 0.29) is 6.04 Å². The van der Waals surface area contributed by atoms with E-state index in [1.54, 1.807) is 7.11 Å². The fourth-order valence-corrected chi connectivity index (χ4v) is 5.04. The van der Waals surface area contributed by atoms with Gasteiger partial charge in [-0.05, 0) is 65.7 Å². The molecule has 0 saturated heterocycles. The summed E-state index contributed by atoms with van der Waals surface area (Å²) < 4.78 is 6.37. The monoisotopic (exact) mass is 568 g/mol. The number of nitrogens with zero attached hydrogens (tertiary/aromatic N) is 4. The highest BCUT2D eigenvalue weighted by atomic mass is 79.9. The number of aromatic nitrogens is 2. The van der Waals surface area contributed by atoms with Crippen molar-refractivity contribution in [2.45, 2.75) is 12.5 Å². The number of hydrazone groups is 1. The van der Waals surface area contributed by atoms with Crippen molar-refractivity contribution in [3.05, 3.63) is 118 Å². The lowest BCUT2D eigenvalue weighted by molar-refractivity contribution is 0.415. The molecular formula is C30H22BrClN4O. The van der Waals surface area contributed by atoms with Crippen LogP contribution in [0.25, 0.3) is 22.2 Å². The Kier molecular flexibility index (Phi) is 6.37. The van der Waals surface area contributed by atoms with E-state index in [0.717, 1.165) is 55.6 Å². The van der Waals surface area contributed by atoms with Crippen molar-refractivity contribution in [1.82, 2.24) is 9.97 Å². The molecule has 1 aliphatic rings. The molecule has 5 aromatic rings. The largest absolute Gasteiger partial charge is 0.497 e. The van der Waals surface area contributed by atoms with Gasteiger partial charge in [0.1, 0.15) is 5.75 Å². The Labute approximate surface area is 228 Å².